The second-order valence-electron chi connectivity index (χ2n) is 6.87. The van der Waals surface area contributed by atoms with Crippen molar-refractivity contribution < 1.29 is 4.74 Å². The lowest BCUT2D eigenvalue weighted by Crippen LogP contribution is -2.45. The van der Waals surface area contributed by atoms with Crippen LogP contribution in [0.5, 0.6) is 5.75 Å². The Hall–Kier alpha value is -1.84. The summed E-state index contributed by atoms with van der Waals surface area (Å²) in [5.74, 6) is 1.47. The summed E-state index contributed by atoms with van der Waals surface area (Å²) in [4.78, 5) is 2.54. The normalized spacial score (nSPS) is 18.8. The van der Waals surface area contributed by atoms with Gasteiger partial charge in [0.2, 0.25) is 0 Å². The lowest BCUT2D eigenvalue weighted by atomic mass is 9.92. The second kappa shape index (κ2) is 7.82. The van der Waals surface area contributed by atoms with Gasteiger partial charge < -0.3 is 10.1 Å². The number of hydrogen-bond donors (Lipinski definition) is 1. The summed E-state index contributed by atoms with van der Waals surface area (Å²) in [5, 5.41) is 3.70. The third kappa shape index (κ3) is 3.97. The molecule has 3 rings (SSSR count). The third-order valence-corrected chi connectivity index (χ3v) is 4.82. The van der Waals surface area contributed by atoms with Crippen LogP contribution in [-0.4, -0.2) is 31.6 Å². The Bertz CT molecular complexity index is 651. The van der Waals surface area contributed by atoms with Gasteiger partial charge in [-0.3, -0.25) is 4.90 Å². The van der Waals surface area contributed by atoms with Crippen LogP contribution in [0.15, 0.2) is 48.5 Å². The Balaban J connectivity index is 1.70. The van der Waals surface area contributed by atoms with Gasteiger partial charge in [-0.05, 0) is 34.7 Å². The van der Waals surface area contributed by atoms with Crippen LogP contribution >= 0.6 is 0 Å². The van der Waals surface area contributed by atoms with Crippen LogP contribution in [0.25, 0.3) is 0 Å². The van der Waals surface area contributed by atoms with Crippen LogP contribution in [0, 0.1) is 0 Å². The molecule has 2 aromatic rings. The zero-order chi connectivity index (χ0) is 16.9. The quantitative estimate of drug-likeness (QED) is 0.901. The van der Waals surface area contributed by atoms with E-state index in [1.165, 1.54) is 16.7 Å². The fourth-order valence-corrected chi connectivity index (χ4v) is 3.51. The predicted molar refractivity (Wildman–Crippen MR) is 99.5 cm³/mol. The van der Waals surface area contributed by atoms with E-state index in [9.17, 15) is 0 Å². The Labute approximate surface area is 145 Å². The molecule has 0 radical (unpaired) electrons. The van der Waals surface area contributed by atoms with Crippen molar-refractivity contribution in [3.05, 3.63) is 65.2 Å². The van der Waals surface area contributed by atoms with E-state index >= 15 is 0 Å². The van der Waals surface area contributed by atoms with Crippen molar-refractivity contribution >= 4 is 0 Å². The van der Waals surface area contributed by atoms with Gasteiger partial charge in [0.15, 0.2) is 0 Å². The molecule has 0 spiro atoms. The van der Waals surface area contributed by atoms with Crippen LogP contribution in [0.2, 0.25) is 0 Å². The zero-order valence-corrected chi connectivity index (χ0v) is 15.0. The molecule has 0 aliphatic carbocycles. The molecule has 1 unspecified atom stereocenters. The summed E-state index contributed by atoms with van der Waals surface area (Å²) in [5.41, 5.74) is 4.25. The van der Waals surface area contributed by atoms with Crippen LogP contribution < -0.4 is 10.1 Å². The van der Waals surface area contributed by atoms with E-state index in [-0.39, 0.29) is 0 Å². The van der Waals surface area contributed by atoms with E-state index in [4.69, 9.17) is 4.74 Å². The average Bonchev–Trinajstić information content (AvgIpc) is 2.62. The van der Waals surface area contributed by atoms with Gasteiger partial charge in [-0.2, -0.15) is 0 Å². The van der Waals surface area contributed by atoms with Crippen molar-refractivity contribution in [3.63, 3.8) is 0 Å². The van der Waals surface area contributed by atoms with E-state index in [2.05, 4.69) is 60.5 Å². The van der Waals surface area contributed by atoms with Crippen LogP contribution in [-0.2, 0) is 6.54 Å². The molecule has 1 aliphatic rings. The van der Waals surface area contributed by atoms with Crippen molar-refractivity contribution in [2.45, 2.75) is 32.4 Å². The lowest BCUT2D eigenvalue weighted by Gasteiger charge is -2.35. The molecule has 0 aromatic heterocycles. The third-order valence-electron chi connectivity index (χ3n) is 4.82. The smallest absolute Gasteiger partial charge is 0.118 e. The topological polar surface area (TPSA) is 24.5 Å². The Kier molecular flexibility index (Phi) is 5.54. The standard InChI is InChI=1S/C21H28N2O/c1-16(2)19-6-4-5-7-20(19)21-15-23(13-12-22-21)14-17-8-10-18(24-3)11-9-17/h4-11,16,21-22H,12-15H2,1-3H3. The molecular formula is C21H28N2O. The maximum Gasteiger partial charge on any atom is 0.118 e. The first-order valence-electron chi connectivity index (χ1n) is 8.85. The van der Waals surface area contributed by atoms with Gasteiger partial charge >= 0.3 is 0 Å². The van der Waals surface area contributed by atoms with E-state index < -0.39 is 0 Å². The molecule has 1 N–H and O–H groups in total. The van der Waals surface area contributed by atoms with Gasteiger partial charge in [-0.25, -0.2) is 0 Å². The van der Waals surface area contributed by atoms with E-state index in [0.717, 1.165) is 31.9 Å². The minimum absolute atomic E-state index is 0.413. The minimum Gasteiger partial charge on any atom is -0.497 e. The molecule has 1 aliphatic heterocycles. The summed E-state index contributed by atoms with van der Waals surface area (Å²) in [6.07, 6.45) is 0. The highest BCUT2D eigenvalue weighted by Crippen LogP contribution is 2.27. The molecule has 24 heavy (non-hydrogen) atoms. The summed E-state index contributed by atoms with van der Waals surface area (Å²) >= 11 is 0. The van der Waals surface area contributed by atoms with Gasteiger partial charge in [0.05, 0.1) is 7.11 Å². The van der Waals surface area contributed by atoms with Gasteiger partial charge in [0.25, 0.3) is 0 Å². The number of nitrogens with one attached hydrogen (secondary N) is 1. The largest absolute Gasteiger partial charge is 0.497 e. The molecule has 0 amide bonds. The van der Waals surface area contributed by atoms with Crippen LogP contribution in [0.3, 0.4) is 0 Å². The number of nitrogens with zero attached hydrogens (tertiary/aromatic N) is 1. The van der Waals surface area contributed by atoms with Crippen molar-refractivity contribution in [1.29, 1.82) is 0 Å². The monoisotopic (exact) mass is 324 g/mol. The summed E-state index contributed by atoms with van der Waals surface area (Å²) < 4.78 is 5.25. The summed E-state index contributed by atoms with van der Waals surface area (Å²) in [6.45, 7) is 8.72. The number of rotatable bonds is 5. The first-order chi connectivity index (χ1) is 11.7. The molecule has 1 saturated heterocycles. The number of methoxy groups -OCH3 is 1. The SMILES string of the molecule is COc1ccc(CN2CCNC(c3ccccc3C(C)C)C2)cc1. The van der Waals surface area contributed by atoms with Crippen LogP contribution in [0.4, 0.5) is 0 Å². The Morgan fingerprint density at radius 3 is 2.58 bits per heavy atom. The number of ether oxygens (including phenoxy) is 1. The van der Waals surface area contributed by atoms with Crippen molar-refractivity contribution in [1.82, 2.24) is 10.2 Å². The van der Waals surface area contributed by atoms with E-state index in [1.54, 1.807) is 7.11 Å². The maximum atomic E-state index is 5.25. The fourth-order valence-electron chi connectivity index (χ4n) is 3.51. The highest BCUT2D eigenvalue weighted by molar-refractivity contribution is 5.33. The van der Waals surface area contributed by atoms with Crippen molar-refractivity contribution in [2.75, 3.05) is 26.7 Å². The average molecular weight is 324 g/mol. The Morgan fingerprint density at radius 2 is 1.88 bits per heavy atom. The molecule has 1 fully saturated rings. The number of piperazine rings is 1. The van der Waals surface area contributed by atoms with Crippen molar-refractivity contribution in [3.8, 4) is 5.75 Å². The van der Waals surface area contributed by atoms with Crippen LogP contribution in [0.1, 0.15) is 42.5 Å². The summed E-state index contributed by atoms with van der Waals surface area (Å²) in [6, 6.07) is 17.7. The van der Waals surface area contributed by atoms with Gasteiger partial charge in [0, 0.05) is 32.2 Å². The van der Waals surface area contributed by atoms with E-state index in [1.807, 2.05) is 12.1 Å². The molecule has 0 bridgehead atoms. The molecule has 3 heteroatoms. The summed E-state index contributed by atoms with van der Waals surface area (Å²) in [7, 11) is 1.71. The molecule has 128 valence electrons. The minimum atomic E-state index is 0.413. The fraction of sp³-hybridized carbons (Fsp3) is 0.429. The highest BCUT2D eigenvalue weighted by atomic mass is 16.5. The molecule has 2 aromatic carbocycles. The number of hydrogen-bond acceptors (Lipinski definition) is 3. The van der Waals surface area contributed by atoms with Gasteiger partial charge in [-0.15, -0.1) is 0 Å². The first-order valence-corrected chi connectivity index (χ1v) is 8.85. The molecular weight excluding hydrogens is 296 g/mol. The van der Waals surface area contributed by atoms with Gasteiger partial charge in [-0.1, -0.05) is 50.2 Å². The maximum absolute atomic E-state index is 5.25. The highest BCUT2D eigenvalue weighted by Gasteiger charge is 2.23. The molecule has 0 saturated carbocycles. The Morgan fingerprint density at radius 1 is 1.12 bits per heavy atom. The van der Waals surface area contributed by atoms with E-state index in [0.29, 0.717) is 12.0 Å². The van der Waals surface area contributed by atoms with Gasteiger partial charge in [0.1, 0.15) is 5.75 Å². The van der Waals surface area contributed by atoms with Crippen molar-refractivity contribution in [2.24, 2.45) is 0 Å². The number of benzene rings is 2. The molecule has 3 nitrogen and oxygen atoms in total. The lowest BCUT2D eigenvalue weighted by molar-refractivity contribution is 0.192. The predicted octanol–water partition coefficient (Wildman–Crippen LogP) is 3.97. The first kappa shape index (κ1) is 17.0. The zero-order valence-electron chi connectivity index (χ0n) is 15.0. The second-order valence-corrected chi connectivity index (χ2v) is 6.87. The molecule has 1 heterocycles. The molecule has 1 atom stereocenters.